The maximum Gasteiger partial charge on any atom is 0.250 e. The molecule has 2 heterocycles. The van der Waals surface area contributed by atoms with Gasteiger partial charge in [0.25, 0.3) is 5.91 Å². The first-order valence-electron chi connectivity index (χ1n) is 5.78. The van der Waals surface area contributed by atoms with Crippen molar-refractivity contribution < 1.29 is 9.53 Å². The molecule has 1 aliphatic rings. The van der Waals surface area contributed by atoms with Crippen LogP contribution in [0.4, 0.5) is 0 Å². The molecule has 92 valence electrons. The summed E-state index contributed by atoms with van der Waals surface area (Å²) in [5, 5.41) is 5.97. The molecule has 2 N–H and O–H groups in total. The van der Waals surface area contributed by atoms with Gasteiger partial charge in [0.15, 0.2) is 0 Å². The van der Waals surface area contributed by atoms with E-state index in [-0.39, 0.29) is 12.0 Å². The molecule has 1 fully saturated rings. The summed E-state index contributed by atoms with van der Waals surface area (Å²) < 4.78 is 5.36. The Morgan fingerprint density at radius 3 is 3.29 bits per heavy atom. The van der Waals surface area contributed by atoms with Crippen molar-refractivity contribution >= 4 is 5.91 Å². The van der Waals surface area contributed by atoms with Gasteiger partial charge in [0.05, 0.1) is 18.8 Å². The van der Waals surface area contributed by atoms with E-state index < -0.39 is 0 Å². The van der Waals surface area contributed by atoms with E-state index in [1.807, 2.05) is 19.1 Å². The van der Waals surface area contributed by atoms with Gasteiger partial charge < -0.3 is 15.4 Å². The molecule has 0 aromatic carbocycles. The highest BCUT2D eigenvalue weighted by molar-refractivity contribution is 5.81. The number of hydrogen-bond acceptors (Lipinski definition) is 4. The molecule has 1 saturated heterocycles. The summed E-state index contributed by atoms with van der Waals surface area (Å²) in [6, 6.07) is 3.86. The summed E-state index contributed by atoms with van der Waals surface area (Å²) in [5.41, 5.74) is 1.97. The lowest BCUT2D eigenvalue weighted by atomic mass is 10.2. The van der Waals surface area contributed by atoms with Crippen LogP contribution in [0.5, 0.6) is 0 Å². The van der Waals surface area contributed by atoms with Crippen LogP contribution in [0.3, 0.4) is 0 Å². The third kappa shape index (κ3) is 3.25. The van der Waals surface area contributed by atoms with Crippen molar-refractivity contribution in [3.63, 3.8) is 0 Å². The van der Waals surface area contributed by atoms with E-state index in [1.165, 1.54) is 0 Å². The number of hydrogen-bond donors (Lipinski definition) is 2. The van der Waals surface area contributed by atoms with Crippen molar-refractivity contribution in [1.29, 1.82) is 0 Å². The highest BCUT2D eigenvalue weighted by atomic mass is 16.5. The Hall–Kier alpha value is -1.46. The quantitative estimate of drug-likeness (QED) is 0.774. The van der Waals surface area contributed by atoms with Crippen LogP contribution in [-0.4, -0.2) is 36.7 Å². The molecule has 1 aromatic heterocycles. The number of ether oxygens (including phenoxy) is 1. The highest BCUT2D eigenvalue weighted by Gasteiger charge is 2.21. The molecule has 0 unspecified atom stereocenters. The smallest absolute Gasteiger partial charge is 0.250 e. The first kappa shape index (κ1) is 12.0. The van der Waals surface area contributed by atoms with E-state index in [9.17, 15) is 4.79 Å². The first-order valence-corrected chi connectivity index (χ1v) is 5.78. The first-order chi connectivity index (χ1) is 8.27. The van der Waals surface area contributed by atoms with Crippen LogP contribution in [0.1, 0.15) is 11.3 Å². The van der Waals surface area contributed by atoms with E-state index in [1.54, 1.807) is 6.20 Å². The number of aryl methyl sites for hydroxylation is 1. The molecule has 0 spiro atoms. The Balaban J connectivity index is 1.85. The average Bonchev–Trinajstić information content (AvgIpc) is 2.38. The Labute approximate surface area is 101 Å². The molecule has 0 aliphatic carbocycles. The monoisotopic (exact) mass is 235 g/mol. The molecule has 5 heteroatoms. The highest BCUT2D eigenvalue weighted by Crippen LogP contribution is 2.03. The maximum atomic E-state index is 11.8. The number of carbonyl (C=O) groups excluding carboxylic acids is 1. The fourth-order valence-electron chi connectivity index (χ4n) is 1.72. The zero-order valence-electron chi connectivity index (χ0n) is 9.90. The number of rotatable bonds is 3. The van der Waals surface area contributed by atoms with Gasteiger partial charge in [-0.3, -0.25) is 9.78 Å². The van der Waals surface area contributed by atoms with Crippen molar-refractivity contribution in [1.82, 2.24) is 15.6 Å². The minimum absolute atomic E-state index is 0.0812. The Morgan fingerprint density at radius 1 is 1.71 bits per heavy atom. The van der Waals surface area contributed by atoms with Crippen LogP contribution >= 0.6 is 0 Å². The van der Waals surface area contributed by atoms with Crippen molar-refractivity contribution in [3.8, 4) is 0 Å². The number of pyridine rings is 1. The minimum atomic E-state index is -0.382. The second-order valence-electron chi connectivity index (χ2n) is 4.05. The molecule has 17 heavy (non-hydrogen) atoms. The third-order valence-electron chi connectivity index (χ3n) is 2.77. The van der Waals surface area contributed by atoms with Gasteiger partial charge in [-0.05, 0) is 18.6 Å². The molecular weight excluding hydrogens is 218 g/mol. The van der Waals surface area contributed by atoms with Crippen molar-refractivity contribution in [2.75, 3.05) is 19.7 Å². The lowest BCUT2D eigenvalue weighted by Gasteiger charge is -2.22. The zero-order valence-corrected chi connectivity index (χ0v) is 9.90. The van der Waals surface area contributed by atoms with Gasteiger partial charge in [-0.2, -0.15) is 0 Å². The summed E-state index contributed by atoms with van der Waals surface area (Å²) in [6.45, 7) is 4.40. The van der Waals surface area contributed by atoms with Gasteiger partial charge in [0.1, 0.15) is 6.10 Å². The Bertz CT molecular complexity index is 389. The standard InChI is InChI=1S/C12H17N3O2/c1-9-3-2-4-14-10(9)7-15-12(16)11-8-13-5-6-17-11/h2-4,11,13H,5-8H2,1H3,(H,15,16)/t11-/m0/s1. The summed E-state index contributed by atoms with van der Waals surface area (Å²) in [4.78, 5) is 16.0. The fraction of sp³-hybridized carbons (Fsp3) is 0.500. The van der Waals surface area contributed by atoms with Gasteiger partial charge in [-0.1, -0.05) is 6.07 Å². The van der Waals surface area contributed by atoms with E-state index in [4.69, 9.17) is 4.74 Å². The van der Waals surface area contributed by atoms with Crippen LogP contribution in [0.25, 0.3) is 0 Å². The third-order valence-corrected chi connectivity index (χ3v) is 2.77. The van der Waals surface area contributed by atoms with Crippen LogP contribution < -0.4 is 10.6 Å². The summed E-state index contributed by atoms with van der Waals surface area (Å²) in [7, 11) is 0. The number of carbonyl (C=O) groups is 1. The predicted octanol–water partition coefficient (Wildman–Crippen LogP) is -0.00538. The average molecular weight is 235 g/mol. The van der Waals surface area contributed by atoms with Crippen LogP contribution in [0.15, 0.2) is 18.3 Å². The summed E-state index contributed by atoms with van der Waals surface area (Å²) >= 11 is 0. The molecule has 2 rings (SSSR count). The molecule has 1 amide bonds. The SMILES string of the molecule is Cc1cccnc1CNC(=O)[C@@H]1CNCCO1. The molecule has 1 aromatic rings. The number of morpholine rings is 1. The van der Waals surface area contributed by atoms with Crippen molar-refractivity contribution in [2.45, 2.75) is 19.6 Å². The number of aromatic nitrogens is 1. The lowest BCUT2D eigenvalue weighted by Crippen LogP contribution is -2.47. The molecule has 1 atom stereocenters. The molecule has 1 aliphatic heterocycles. The molecular formula is C12H17N3O2. The van der Waals surface area contributed by atoms with Gasteiger partial charge in [-0.15, -0.1) is 0 Å². The fourth-order valence-corrected chi connectivity index (χ4v) is 1.72. The topological polar surface area (TPSA) is 63.2 Å². The van der Waals surface area contributed by atoms with E-state index in [0.29, 0.717) is 19.7 Å². The van der Waals surface area contributed by atoms with E-state index in [2.05, 4.69) is 15.6 Å². The van der Waals surface area contributed by atoms with E-state index >= 15 is 0 Å². The maximum absolute atomic E-state index is 11.8. The molecule has 0 saturated carbocycles. The second kappa shape index (κ2) is 5.75. The number of nitrogens with one attached hydrogen (secondary N) is 2. The second-order valence-corrected chi connectivity index (χ2v) is 4.05. The summed E-state index contributed by atoms with van der Waals surface area (Å²) in [6.07, 6.45) is 1.35. The van der Waals surface area contributed by atoms with Gasteiger partial charge in [0.2, 0.25) is 0 Å². The molecule has 5 nitrogen and oxygen atoms in total. The van der Waals surface area contributed by atoms with Crippen LogP contribution in [0, 0.1) is 6.92 Å². The van der Waals surface area contributed by atoms with Gasteiger partial charge in [-0.25, -0.2) is 0 Å². The van der Waals surface area contributed by atoms with Gasteiger partial charge >= 0.3 is 0 Å². The lowest BCUT2D eigenvalue weighted by molar-refractivity contribution is -0.134. The minimum Gasteiger partial charge on any atom is -0.366 e. The zero-order chi connectivity index (χ0) is 12.1. The van der Waals surface area contributed by atoms with Crippen molar-refractivity contribution in [2.24, 2.45) is 0 Å². The normalized spacial score (nSPS) is 19.9. The van der Waals surface area contributed by atoms with E-state index in [0.717, 1.165) is 17.8 Å². The predicted molar refractivity (Wildman–Crippen MR) is 63.4 cm³/mol. The molecule has 0 radical (unpaired) electrons. The van der Waals surface area contributed by atoms with Gasteiger partial charge in [0, 0.05) is 19.3 Å². The summed E-state index contributed by atoms with van der Waals surface area (Å²) in [5.74, 6) is -0.0812. The Morgan fingerprint density at radius 2 is 2.59 bits per heavy atom. The van der Waals surface area contributed by atoms with Crippen LogP contribution in [-0.2, 0) is 16.1 Å². The van der Waals surface area contributed by atoms with Crippen LogP contribution in [0.2, 0.25) is 0 Å². The number of nitrogens with zero attached hydrogens (tertiary/aromatic N) is 1. The largest absolute Gasteiger partial charge is 0.366 e. The van der Waals surface area contributed by atoms with Crippen molar-refractivity contribution in [3.05, 3.63) is 29.6 Å². The molecule has 0 bridgehead atoms. The number of amides is 1. The Kier molecular flexibility index (Phi) is 4.06.